The van der Waals surface area contributed by atoms with Crippen molar-refractivity contribution in [2.24, 2.45) is 27.9 Å². The predicted molar refractivity (Wildman–Crippen MR) is 123 cm³/mol. The Morgan fingerprint density at radius 1 is 1.26 bits per heavy atom. The summed E-state index contributed by atoms with van der Waals surface area (Å²) < 4.78 is 5.48. The van der Waals surface area contributed by atoms with Crippen LogP contribution in [0, 0.1) is 0 Å². The number of ether oxygens (including phenoxy) is 1. The second kappa shape index (κ2) is 11.5. The quantitative estimate of drug-likeness (QED) is 0.182. The zero-order valence-corrected chi connectivity index (χ0v) is 18.9. The third kappa shape index (κ3) is 6.58. The molecule has 10 N–H and O–H groups in total. The number of guanidine groups is 1. The molecule has 1 aliphatic heterocycles. The summed E-state index contributed by atoms with van der Waals surface area (Å²) in [5.74, 6) is -0.309. The molecule has 12 heteroatoms. The first-order valence-corrected chi connectivity index (χ1v) is 9.79. The SMILES string of the molecule is CCCC(N=C(N)N1C(N)=C(Cl)NC(C(N)=O)=C1N)c1ccc(OCC(C)O)cc1.Cl. The number of halogens is 2. The van der Waals surface area contributed by atoms with E-state index in [-0.39, 0.29) is 53.5 Å². The Kier molecular flexibility index (Phi) is 9.76. The predicted octanol–water partition coefficient (Wildman–Crippen LogP) is 0.866. The second-order valence-electron chi connectivity index (χ2n) is 6.80. The Balaban J connectivity index is 0.00000480. The number of hydrogen-bond donors (Lipinski definition) is 6. The molecule has 0 saturated heterocycles. The van der Waals surface area contributed by atoms with E-state index in [1.165, 1.54) is 4.90 Å². The van der Waals surface area contributed by atoms with Crippen molar-refractivity contribution in [1.29, 1.82) is 0 Å². The fourth-order valence-corrected chi connectivity index (χ4v) is 2.99. The Morgan fingerprint density at radius 2 is 1.87 bits per heavy atom. The van der Waals surface area contributed by atoms with Crippen LogP contribution in [0.2, 0.25) is 0 Å². The Morgan fingerprint density at radius 3 is 2.39 bits per heavy atom. The van der Waals surface area contributed by atoms with Gasteiger partial charge >= 0.3 is 0 Å². The van der Waals surface area contributed by atoms with Gasteiger partial charge in [-0.2, -0.15) is 0 Å². The van der Waals surface area contributed by atoms with E-state index in [0.29, 0.717) is 12.2 Å². The van der Waals surface area contributed by atoms with E-state index < -0.39 is 12.0 Å². The molecule has 0 aromatic heterocycles. The van der Waals surface area contributed by atoms with Crippen molar-refractivity contribution in [3.05, 3.63) is 52.3 Å². The molecular formula is C19H29Cl2N7O3. The Bertz CT molecular complexity index is 870. The average Bonchev–Trinajstić information content (AvgIpc) is 2.69. The number of aliphatic imine (C=N–C) groups is 1. The highest BCUT2D eigenvalue weighted by molar-refractivity contribution is 6.30. The highest BCUT2D eigenvalue weighted by Crippen LogP contribution is 2.27. The largest absolute Gasteiger partial charge is 0.491 e. The smallest absolute Gasteiger partial charge is 0.268 e. The number of carbonyl (C=O) groups excluding carboxylic acids is 1. The van der Waals surface area contributed by atoms with E-state index in [9.17, 15) is 9.90 Å². The maximum atomic E-state index is 11.6. The van der Waals surface area contributed by atoms with E-state index in [2.05, 4.69) is 10.3 Å². The zero-order valence-electron chi connectivity index (χ0n) is 17.3. The van der Waals surface area contributed by atoms with Gasteiger partial charge in [-0.15, -0.1) is 12.4 Å². The molecule has 0 saturated carbocycles. The number of benzene rings is 1. The van der Waals surface area contributed by atoms with Crippen LogP contribution in [0.25, 0.3) is 0 Å². The molecule has 0 spiro atoms. The standard InChI is InChI=1S/C19H28ClN7O3.ClH/c1-3-4-13(11-5-7-12(8-6-11)30-9-10(2)28)25-19(24)27-16(21)14(18(23)29)26-15(20)17(27)22;/h5-8,10,13,26,28H,3-4,9,21-22H2,1-2H3,(H2,23,29)(H2,24,25);1H. The van der Waals surface area contributed by atoms with Gasteiger partial charge in [0.1, 0.15) is 34.9 Å². The molecule has 10 nitrogen and oxygen atoms in total. The first-order valence-electron chi connectivity index (χ1n) is 9.41. The third-order valence-electron chi connectivity index (χ3n) is 4.28. The van der Waals surface area contributed by atoms with Crippen LogP contribution in [0.4, 0.5) is 0 Å². The molecule has 2 unspecified atom stereocenters. The molecule has 1 heterocycles. The lowest BCUT2D eigenvalue weighted by Gasteiger charge is -2.31. The van der Waals surface area contributed by atoms with Crippen molar-refractivity contribution < 1.29 is 14.6 Å². The summed E-state index contributed by atoms with van der Waals surface area (Å²) in [5.41, 5.74) is 24.3. The van der Waals surface area contributed by atoms with Crippen molar-refractivity contribution in [2.75, 3.05) is 6.61 Å². The summed E-state index contributed by atoms with van der Waals surface area (Å²) in [6.07, 6.45) is 0.979. The molecule has 31 heavy (non-hydrogen) atoms. The number of amides is 1. The van der Waals surface area contributed by atoms with Crippen LogP contribution >= 0.6 is 24.0 Å². The van der Waals surface area contributed by atoms with E-state index in [1.54, 1.807) is 19.1 Å². The molecule has 1 amide bonds. The molecule has 0 aliphatic carbocycles. The summed E-state index contributed by atoms with van der Waals surface area (Å²) in [6.45, 7) is 3.87. The van der Waals surface area contributed by atoms with E-state index in [0.717, 1.165) is 12.0 Å². The summed E-state index contributed by atoms with van der Waals surface area (Å²) in [7, 11) is 0. The van der Waals surface area contributed by atoms with E-state index in [1.807, 2.05) is 19.1 Å². The number of aliphatic hydroxyl groups is 1. The first kappa shape index (κ1) is 26.2. The van der Waals surface area contributed by atoms with Gasteiger partial charge in [0.15, 0.2) is 0 Å². The van der Waals surface area contributed by atoms with Crippen molar-refractivity contribution in [3.8, 4) is 5.75 Å². The monoisotopic (exact) mass is 473 g/mol. The van der Waals surface area contributed by atoms with Gasteiger partial charge in [0.25, 0.3) is 5.91 Å². The number of aliphatic hydroxyl groups excluding tert-OH is 1. The minimum absolute atomic E-state index is 0. The molecule has 2 rings (SSSR count). The summed E-state index contributed by atoms with van der Waals surface area (Å²) >= 11 is 6.06. The van der Waals surface area contributed by atoms with Crippen molar-refractivity contribution in [2.45, 2.75) is 38.8 Å². The molecule has 0 fully saturated rings. The summed E-state index contributed by atoms with van der Waals surface area (Å²) in [6, 6.07) is 7.02. The van der Waals surface area contributed by atoms with Crippen LogP contribution in [0.5, 0.6) is 5.75 Å². The highest BCUT2D eigenvalue weighted by atomic mass is 35.5. The number of nitrogens with one attached hydrogen (secondary N) is 1. The van der Waals surface area contributed by atoms with Crippen molar-refractivity contribution in [3.63, 3.8) is 0 Å². The number of nitrogens with two attached hydrogens (primary N) is 4. The van der Waals surface area contributed by atoms with E-state index >= 15 is 0 Å². The minimum Gasteiger partial charge on any atom is -0.491 e. The number of carbonyl (C=O) groups is 1. The summed E-state index contributed by atoms with van der Waals surface area (Å²) in [4.78, 5) is 17.4. The number of hydrogen-bond acceptors (Lipinski definition) is 7. The van der Waals surface area contributed by atoms with Crippen LogP contribution in [0.15, 0.2) is 51.8 Å². The third-order valence-corrected chi connectivity index (χ3v) is 4.57. The number of primary amides is 1. The van der Waals surface area contributed by atoms with Crippen LogP contribution in [-0.2, 0) is 4.79 Å². The topological polar surface area (TPSA) is 178 Å². The van der Waals surface area contributed by atoms with Gasteiger partial charge in [0.05, 0.1) is 12.1 Å². The molecule has 0 bridgehead atoms. The lowest BCUT2D eigenvalue weighted by molar-refractivity contribution is -0.115. The lowest BCUT2D eigenvalue weighted by atomic mass is 10.0. The maximum Gasteiger partial charge on any atom is 0.268 e. The van der Waals surface area contributed by atoms with Gasteiger partial charge in [0.2, 0.25) is 5.96 Å². The molecule has 0 radical (unpaired) electrons. The molecule has 1 aromatic rings. The average molecular weight is 474 g/mol. The number of nitrogens with zero attached hydrogens (tertiary/aromatic N) is 2. The van der Waals surface area contributed by atoms with Crippen molar-refractivity contribution in [1.82, 2.24) is 10.2 Å². The van der Waals surface area contributed by atoms with Gasteiger partial charge < -0.3 is 38.1 Å². The zero-order chi connectivity index (χ0) is 22.4. The molecule has 1 aromatic carbocycles. The summed E-state index contributed by atoms with van der Waals surface area (Å²) in [5, 5.41) is 11.8. The Labute approximate surface area is 192 Å². The first-order chi connectivity index (χ1) is 14.1. The Hall–Kier alpha value is -2.82. The molecule has 172 valence electrons. The van der Waals surface area contributed by atoms with Crippen LogP contribution < -0.4 is 33.0 Å². The van der Waals surface area contributed by atoms with Crippen LogP contribution in [0.3, 0.4) is 0 Å². The normalized spacial score (nSPS) is 16.4. The second-order valence-corrected chi connectivity index (χ2v) is 7.18. The molecular weight excluding hydrogens is 445 g/mol. The van der Waals surface area contributed by atoms with Gasteiger partial charge in [-0.3, -0.25) is 4.79 Å². The lowest BCUT2D eigenvalue weighted by Crippen LogP contribution is -2.49. The van der Waals surface area contributed by atoms with Crippen molar-refractivity contribution >= 4 is 35.9 Å². The molecule has 2 atom stereocenters. The maximum absolute atomic E-state index is 11.6. The number of rotatable bonds is 8. The fourth-order valence-electron chi connectivity index (χ4n) is 2.81. The fraction of sp³-hybridized carbons (Fsp3) is 0.368. The highest BCUT2D eigenvalue weighted by Gasteiger charge is 2.29. The van der Waals surface area contributed by atoms with E-state index in [4.69, 9.17) is 39.3 Å². The molecule has 1 aliphatic rings. The van der Waals surface area contributed by atoms with Gasteiger partial charge in [-0.1, -0.05) is 37.1 Å². The van der Waals surface area contributed by atoms with Crippen LogP contribution in [-0.4, -0.2) is 34.6 Å². The van der Waals surface area contributed by atoms with Gasteiger partial charge in [-0.05, 0) is 31.0 Å². The minimum atomic E-state index is -0.811. The van der Waals surface area contributed by atoms with Gasteiger partial charge in [-0.25, -0.2) is 9.89 Å². The van der Waals surface area contributed by atoms with Crippen LogP contribution in [0.1, 0.15) is 38.3 Å². The van der Waals surface area contributed by atoms with Gasteiger partial charge in [0, 0.05) is 0 Å².